The van der Waals surface area contributed by atoms with E-state index >= 15 is 0 Å². The van der Waals surface area contributed by atoms with Crippen LogP contribution >= 0.6 is 0 Å². The molecule has 11 heteroatoms. The number of unbranched alkanes of at least 4 members (excludes halogenated alkanes) is 6. The molecular formula is C38H41F3N4O4. The van der Waals surface area contributed by atoms with Gasteiger partial charge in [0.15, 0.2) is 0 Å². The molecule has 5 rings (SSSR count). The van der Waals surface area contributed by atoms with Crippen molar-refractivity contribution in [3.63, 3.8) is 0 Å². The third kappa shape index (κ3) is 10.8. The molecule has 0 saturated carbocycles. The fourth-order valence-corrected chi connectivity index (χ4v) is 6.05. The van der Waals surface area contributed by atoms with Gasteiger partial charge >= 0.3 is 23.9 Å². The van der Waals surface area contributed by atoms with Crippen LogP contribution in [0, 0.1) is 0 Å². The Bertz CT molecular complexity index is 1750. The number of carboxylic acid groups (broad SMARTS) is 1. The summed E-state index contributed by atoms with van der Waals surface area (Å²) in [6.45, 7) is 0. The summed E-state index contributed by atoms with van der Waals surface area (Å²) in [5.41, 5.74) is 4.44. The first-order valence-electron chi connectivity index (χ1n) is 16.8. The second-order valence-corrected chi connectivity index (χ2v) is 12.5. The Hall–Kier alpha value is -4.93. The van der Waals surface area contributed by atoms with Crippen LogP contribution < -0.4 is 5.32 Å². The molecule has 0 saturated heterocycles. The number of aromatic nitrogens is 3. The minimum absolute atomic E-state index is 0.117. The molecule has 0 bridgehead atoms. The van der Waals surface area contributed by atoms with Crippen molar-refractivity contribution in [2.75, 3.05) is 0 Å². The number of para-hydroxylation sites is 1. The first kappa shape index (κ1) is 35.4. The first-order valence-corrected chi connectivity index (χ1v) is 16.8. The van der Waals surface area contributed by atoms with Crippen LogP contribution in [0.3, 0.4) is 0 Å². The molecule has 2 aromatic heterocycles. The summed E-state index contributed by atoms with van der Waals surface area (Å²) in [7, 11) is 0. The van der Waals surface area contributed by atoms with Crippen molar-refractivity contribution < 1.29 is 32.3 Å². The molecule has 0 aliphatic carbocycles. The Labute approximate surface area is 283 Å². The number of halogens is 3. The van der Waals surface area contributed by atoms with E-state index < -0.39 is 36.4 Å². The van der Waals surface area contributed by atoms with Gasteiger partial charge in [-0.2, -0.15) is 13.2 Å². The van der Waals surface area contributed by atoms with Gasteiger partial charge in [0.05, 0.1) is 5.92 Å². The molecule has 0 fully saturated rings. The van der Waals surface area contributed by atoms with E-state index in [-0.39, 0.29) is 18.7 Å². The molecule has 49 heavy (non-hydrogen) atoms. The quantitative estimate of drug-likeness (QED) is 0.0798. The lowest BCUT2D eigenvalue weighted by molar-refractivity contribution is -0.139. The van der Waals surface area contributed by atoms with Crippen molar-refractivity contribution in [3.05, 3.63) is 108 Å². The molecule has 3 aromatic carbocycles. The van der Waals surface area contributed by atoms with E-state index in [0.717, 1.165) is 59.7 Å². The Balaban J connectivity index is 1.21. The number of carboxylic acids is 1. The maximum atomic E-state index is 13.4. The number of benzene rings is 3. The van der Waals surface area contributed by atoms with Gasteiger partial charge in [-0.05, 0) is 59.9 Å². The van der Waals surface area contributed by atoms with Gasteiger partial charge in [-0.3, -0.25) is 9.59 Å². The van der Waals surface area contributed by atoms with Crippen LogP contribution in [-0.2, 0) is 17.6 Å². The average Bonchev–Trinajstić information content (AvgIpc) is 3.74. The van der Waals surface area contributed by atoms with Crippen LogP contribution in [0.2, 0.25) is 0 Å². The molecule has 3 N–H and O–H groups in total. The molecular weight excluding hydrogens is 633 g/mol. The smallest absolute Gasteiger partial charge is 0.389 e. The van der Waals surface area contributed by atoms with Gasteiger partial charge in [0.25, 0.3) is 0 Å². The van der Waals surface area contributed by atoms with Gasteiger partial charge in [0.2, 0.25) is 5.89 Å². The van der Waals surface area contributed by atoms with E-state index in [4.69, 9.17) is 4.42 Å². The Morgan fingerprint density at radius 3 is 2.16 bits per heavy atom. The molecule has 258 valence electrons. The van der Waals surface area contributed by atoms with E-state index in [1.807, 2.05) is 84.9 Å². The molecule has 5 aromatic rings. The fraction of sp³-hybridized carbons (Fsp3) is 0.368. The summed E-state index contributed by atoms with van der Waals surface area (Å²) in [4.78, 5) is 29.1. The summed E-state index contributed by atoms with van der Waals surface area (Å²) in [5.74, 6) is -2.37. The Kier molecular flexibility index (Phi) is 12.2. The Morgan fingerprint density at radius 2 is 1.47 bits per heavy atom. The van der Waals surface area contributed by atoms with Crippen LogP contribution in [-0.4, -0.2) is 44.4 Å². The summed E-state index contributed by atoms with van der Waals surface area (Å²) < 4.78 is 42.5. The monoisotopic (exact) mass is 674 g/mol. The highest BCUT2D eigenvalue weighted by molar-refractivity contribution is 5.90. The summed E-state index contributed by atoms with van der Waals surface area (Å²) in [6, 6.07) is 26.8. The summed E-state index contributed by atoms with van der Waals surface area (Å²) in [5, 5.41) is 22.1. The molecule has 0 unspecified atom stereocenters. The standard InChI is InChI=1S/C38H41F3N4O4/c39-38(40,41)22-12-5-3-1-2-4-9-17-34-44-45-36(49-34)35(46)42-30(23-26-18-20-28(21-19-26)27-13-7-6-8-14-27)25-31(37(47)48)33-24-29-15-10-11-16-32(29)43-33/h6-8,10-11,13-16,18-21,24,30-31,43H,1-5,9,12,17,22-23,25H2,(H,42,46)(H,47,48)/t30-,31-/m1/s1. The number of nitrogens with one attached hydrogen (secondary N) is 2. The zero-order chi connectivity index (χ0) is 34.6. The van der Waals surface area contributed by atoms with Crippen LogP contribution in [0.15, 0.2) is 89.3 Å². The highest BCUT2D eigenvalue weighted by Crippen LogP contribution is 2.28. The van der Waals surface area contributed by atoms with Crippen LogP contribution in [0.25, 0.3) is 22.0 Å². The largest absolute Gasteiger partial charge is 0.481 e. The molecule has 1 amide bonds. The number of aryl methyl sites for hydroxylation is 1. The summed E-state index contributed by atoms with van der Waals surface area (Å²) >= 11 is 0. The van der Waals surface area contributed by atoms with Crippen molar-refractivity contribution in [1.29, 1.82) is 0 Å². The van der Waals surface area contributed by atoms with Crippen molar-refractivity contribution in [2.24, 2.45) is 0 Å². The molecule has 2 heterocycles. The lowest BCUT2D eigenvalue weighted by atomic mass is 9.92. The Morgan fingerprint density at radius 1 is 0.816 bits per heavy atom. The van der Waals surface area contributed by atoms with Gasteiger partial charge in [0.1, 0.15) is 0 Å². The van der Waals surface area contributed by atoms with E-state index in [9.17, 15) is 27.9 Å². The number of rotatable bonds is 18. The number of hydrogen-bond donors (Lipinski definition) is 3. The van der Waals surface area contributed by atoms with Crippen molar-refractivity contribution in [2.45, 2.75) is 88.8 Å². The highest BCUT2D eigenvalue weighted by Gasteiger charge is 2.29. The maximum absolute atomic E-state index is 13.4. The van der Waals surface area contributed by atoms with Gasteiger partial charge in [-0.1, -0.05) is 105 Å². The molecule has 2 atom stereocenters. The van der Waals surface area contributed by atoms with Gasteiger partial charge in [-0.15, -0.1) is 10.2 Å². The average molecular weight is 675 g/mol. The number of aliphatic carboxylic acids is 1. The zero-order valence-corrected chi connectivity index (χ0v) is 27.2. The predicted octanol–water partition coefficient (Wildman–Crippen LogP) is 9.04. The van der Waals surface area contributed by atoms with Crippen LogP contribution in [0.5, 0.6) is 0 Å². The van der Waals surface area contributed by atoms with E-state index in [1.165, 1.54) is 0 Å². The maximum Gasteiger partial charge on any atom is 0.389 e. The molecule has 0 radical (unpaired) electrons. The number of nitrogens with zero attached hydrogens (tertiary/aromatic N) is 2. The first-order chi connectivity index (χ1) is 23.6. The van der Waals surface area contributed by atoms with Gasteiger partial charge < -0.3 is 19.8 Å². The lowest BCUT2D eigenvalue weighted by Crippen LogP contribution is -2.39. The highest BCUT2D eigenvalue weighted by atomic mass is 19.4. The van der Waals surface area contributed by atoms with Crippen LogP contribution in [0.1, 0.15) is 91.5 Å². The number of amides is 1. The second kappa shape index (κ2) is 16.9. The number of carbonyl (C=O) groups excluding carboxylic acids is 1. The lowest BCUT2D eigenvalue weighted by Gasteiger charge is -2.22. The van der Waals surface area contributed by atoms with Gasteiger partial charge in [-0.25, -0.2) is 0 Å². The SMILES string of the molecule is O=C(N[C@H](Cc1ccc(-c2ccccc2)cc1)C[C@@H](C(=O)O)c1cc2ccccc2[nH]1)c1nnc(CCCCCCCCCC(F)(F)F)o1. The molecule has 0 aliphatic heterocycles. The number of alkyl halides is 3. The number of H-pyrrole nitrogens is 1. The van der Waals surface area contributed by atoms with E-state index in [2.05, 4.69) is 20.5 Å². The molecule has 0 aliphatic rings. The zero-order valence-electron chi connectivity index (χ0n) is 27.2. The van der Waals surface area contributed by atoms with Crippen molar-refractivity contribution >= 4 is 22.8 Å². The van der Waals surface area contributed by atoms with Gasteiger partial charge in [0, 0.05) is 30.1 Å². The van der Waals surface area contributed by atoms with E-state index in [1.54, 1.807) is 0 Å². The number of fused-ring (bicyclic) bond motifs is 1. The minimum Gasteiger partial charge on any atom is -0.481 e. The predicted molar refractivity (Wildman–Crippen MR) is 181 cm³/mol. The normalized spacial score (nSPS) is 13.0. The van der Waals surface area contributed by atoms with E-state index in [0.29, 0.717) is 30.8 Å². The minimum atomic E-state index is -4.09. The number of hydrogen-bond acceptors (Lipinski definition) is 5. The topological polar surface area (TPSA) is 121 Å². The number of aromatic amines is 1. The summed E-state index contributed by atoms with van der Waals surface area (Å²) in [6.07, 6.45) is 1.01. The fourth-order valence-electron chi connectivity index (χ4n) is 6.05. The van der Waals surface area contributed by atoms with Crippen LogP contribution in [0.4, 0.5) is 13.2 Å². The third-order valence-electron chi connectivity index (χ3n) is 8.63. The van der Waals surface area contributed by atoms with Crippen molar-refractivity contribution in [3.8, 4) is 11.1 Å². The van der Waals surface area contributed by atoms with Crippen molar-refractivity contribution in [1.82, 2.24) is 20.5 Å². The second-order valence-electron chi connectivity index (χ2n) is 12.5. The molecule has 0 spiro atoms. The number of carbonyl (C=O) groups is 2. The molecule has 8 nitrogen and oxygen atoms in total. The third-order valence-corrected chi connectivity index (χ3v) is 8.63.